The molecule has 1 amide bonds. The number of rotatable bonds is 4. The Morgan fingerprint density at radius 1 is 1.19 bits per heavy atom. The van der Waals surface area contributed by atoms with Crippen LogP contribution in [0.1, 0.15) is 46.5 Å². The van der Waals surface area contributed by atoms with E-state index in [1.807, 2.05) is 6.07 Å². The standard InChI is InChI=1S/C21H20FN3O2/c22-18-8-2-1-6-15(18)12-17-13-24-20(27-17)16-7-5-11-25(14-16)21(26)19-9-3-4-10-23-19/h1-4,6,8-10,13,16H,5,7,11-12,14H2/t16-/m1/s1. The summed E-state index contributed by atoms with van der Waals surface area (Å²) in [5.74, 6) is 0.961. The summed E-state index contributed by atoms with van der Waals surface area (Å²) in [6, 6.07) is 12.0. The number of amides is 1. The molecule has 3 heterocycles. The zero-order chi connectivity index (χ0) is 18.6. The predicted molar refractivity (Wildman–Crippen MR) is 97.8 cm³/mol. The summed E-state index contributed by atoms with van der Waals surface area (Å²) in [5, 5.41) is 0. The Balaban J connectivity index is 1.45. The summed E-state index contributed by atoms with van der Waals surface area (Å²) < 4.78 is 19.7. The van der Waals surface area contributed by atoms with E-state index in [0.717, 1.165) is 12.8 Å². The summed E-state index contributed by atoms with van der Waals surface area (Å²) in [5.41, 5.74) is 1.03. The zero-order valence-corrected chi connectivity index (χ0v) is 14.8. The molecule has 27 heavy (non-hydrogen) atoms. The first kappa shape index (κ1) is 17.4. The largest absolute Gasteiger partial charge is 0.445 e. The SMILES string of the molecule is O=C(c1ccccn1)N1CCC[C@@H](c2ncc(Cc3ccccc3F)o2)C1. The first-order chi connectivity index (χ1) is 13.2. The van der Waals surface area contributed by atoms with Gasteiger partial charge in [0, 0.05) is 25.7 Å². The monoisotopic (exact) mass is 365 g/mol. The lowest BCUT2D eigenvalue weighted by Crippen LogP contribution is -2.39. The van der Waals surface area contributed by atoms with Gasteiger partial charge in [0.25, 0.3) is 5.91 Å². The van der Waals surface area contributed by atoms with Crippen LogP contribution < -0.4 is 0 Å². The molecule has 0 aliphatic carbocycles. The fraction of sp³-hybridized carbons (Fsp3) is 0.286. The normalized spacial score (nSPS) is 17.1. The molecule has 1 atom stereocenters. The number of piperidine rings is 1. The summed E-state index contributed by atoms with van der Waals surface area (Å²) in [6.45, 7) is 1.25. The third-order valence-electron chi connectivity index (χ3n) is 4.84. The number of hydrogen-bond acceptors (Lipinski definition) is 4. The Hall–Kier alpha value is -3.02. The van der Waals surface area contributed by atoms with Crippen molar-refractivity contribution in [2.24, 2.45) is 0 Å². The van der Waals surface area contributed by atoms with Crippen molar-refractivity contribution in [3.05, 3.63) is 83.6 Å². The van der Waals surface area contributed by atoms with Gasteiger partial charge in [-0.25, -0.2) is 9.37 Å². The Morgan fingerprint density at radius 2 is 2.04 bits per heavy atom. The van der Waals surface area contributed by atoms with Gasteiger partial charge in [0.1, 0.15) is 17.3 Å². The number of carbonyl (C=O) groups is 1. The van der Waals surface area contributed by atoms with Crippen molar-refractivity contribution >= 4 is 5.91 Å². The van der Waals surface area contributed by atoms with Crippen LogP contribution in [-0.4, -0.2) is 33.9 Å². The van der Waals surface area contributed by atoms with Crippen LogP contribution in [0.3, 0.4) is 0 Å². The molecule has 0 spiro atoms. The molecular weight excluding hydrogens is 345 g/mol. The molecule has 3 aromatic rings. The highest BCUT2D eigenvalue weighted by molar-refractivity contribution is 5.92. The van der Waals surface area contributed by atoms with E-state index in [-0.39, 0.29) is 17.6 Å². The van der Waals surface area contributed by atoms with E-state index in [0.29, 0.717) is 42.4 Å². The van der Waals surface area contributed by atoms with Crippen LogP contribution in [-0.2, 0) is 6.42 Å². The summed E-state index contributed by atoms with van der Waals surface area (Å²) >= 11 is 0. The van der Waals surface area contributed by atoms with E-state index in [1.54, 1.807) is 47.6 Å². The van der Waals surface area contributed by atoms with Crippen molar-refractivity contribution in [1.82, 2.24) is 14.9 Å². The van der Waals surface area contributed by atoms with Gasteiger partial charge in [-0.2, -0.15) is 0 Å². The van der Waals surface area contributed by atoms with Crippen LogP contribution >= 0.6 is 0 Å². The number of benzene rings is 1. The number of carbonyl (C=O) groups excluding carboxylic acids is 1. The molecule has 0 radical (unpaired) electrons. The number of aromatic nitrogens is 2. The minimum Gasteiger partial charge on any atom is -0.445 e. The van der Waals surface area contributed by atoms with E-state index in [2.05, 4.69) is 9.97 Å². The third-order valence-corrected chi connectivity index (χ3v) is 4.84. The van der Waals surface area contributed by atoms with Crippen molar-refractivity contribution in [3.8, 4) is 0 Å². The van der Waals surface area contributed by atoms with Crippen molar-refractivity contribution in [3.63, 3.8) is 0 Å². The summed E-state index contributed by atoms with van der Waals surface area (Å²) in [7, 11) is 0. The number of nitrogens with zero attached hydrogens (tertiary/aromatic N) is 3. The topological polar surface area (TPSA) is 59.2 Å². The maximum absolute atomic E-state index is 13.8. The molecule has 0 N–H and O–H groups in total. The third kappa shape index (κ3) is 3.89. The van der Waals surface area contributed by atoms with Gasteiger partial charge >= 0.3 is 0 Å². The highest BCUT2D eigenvalue weighted by Gasteiger charge is 2.28. The second kappa shape index (κ2) is 7.70. The fourth-order valence-corrected chi connectivity index (χ4v) is 3.44. The molecule has 1 aromatic carbocycles. The predicted octanol–water partition coefficient (Wildman–Crippen LogP) is 3.82. The molecule has 1 saturated heterocycles. The van der Waals surface area contributed by atoms with Gasteiger partial charge in [-0.05, 0) is 36.6 Å². The van der Waals surface area contributed by atoms with Crippen LogP contribution in [0.5, 0.6) is 0 Å². The van der Waals surface area contributed by atoms with Gasteiger partial charge < -0.3 is 9.32 Å². The number of likely N-dealkylation sites (tertiary alicyclic amines) is 1. The minimum absolute atomic E-state index is 0.0424. The van der Waals surface area contributed by atoms with E-state index in [9.17, 15) is 9.18 Å². The molecular formula is C21H20FN3O2. The van der Waals surface area contributed by atoms with Crippen molar-refractivity contribution < 1.29 is 13.6 Å². The van der Waals surface area contributed by atoms with E-state index in [1.165, 1.54) is 6.07 Å². The van der Waals surface area contributed by atoms with E-state index in [4.69, 9.17) is 4.42 Å². The minimum atomic E-state index is -0.250. The number of halogens is 1. The zero-order valence-electron chi connectivity index (χ0n) is 14.8. The van der Waals surface area contributed by atoms with Crippen LogP contribution in [0.15, 0.2) is 59.3 Å². The summed E-state index contributed by atoms with van der Waals surface area (Å²) in [4.78, 5) is 23.0. The van der Waals surface area contributed by atoms with Crippen LogP contribution in [0, 0.1) is 5.82 Å². The number of pyridine rings is 1. The molecule has 138 valence electrons. The number of oxazole rings is 1. The molecule has 0 unspecified atom stereocenters. The fourth-order valence-electron chi connectivity index (χ4n) is 3.44. The average Bonchev–Trinajstić information content (AvgIpc) is 3.19. The van der Waals surface area contributed by atoms with Crippen molar-refractivity contribution in [1.29, 1.82) is 0 Å². The summed E-state index contributed by atoms with van der Waals surface area (Å²) in [6.07, 6.45) is 5.43. The Morgan fingerprint density at radius 3 is 2.85 bits per heavy atom. The van der Waals surface area contributed by atoms with Gasteiger partial charge in [-0.1, -0.05) is 24.3 Å². The molecule has 0 bridgehead atoms. The van der Waals surface area contributed by atoms with Crippen LogP contribution in [0.4, 0.5) is 4.39 Å². The van der Waals surface area contributed by atoms with Crippen LogP contribution in [0.25, 0.3) is 0 Å². The lowest BCUT2D eigenvalue weighted by Gasteiger charge is -2.31. The molecule has 4 rings (SSSR count). The molecule has 2 aromatic heterocycles. The average molecular weight is 365 g/mol. The van der Waals surface area contributed by atoms with E-state index >= 15 is 0 Å². The lowest BCUT2D eigenvalue weighted by atomic mass is 9.97. The van der Waals surface area contributed by atoms with Crippen molar-refractivity contribution in [2.45, 2.75) is 25.2 Å². The van der Waals surface area contributed by atoms with E-state index < -0.39 is 0 Å². The molecule has 0 saturated carbocycles. The number of hydrogen-bond donors (Lipinski definition) is 0. The quantitative estimate of drug-likeness (QED) is 0.705. The first-order valence-electron chi connectivity index (χ1n) is 9.09. The molecule has 6 heteroatoms. The van der Waals surface area contributed by atoms with Gasteiger partial charge in [0.2, 0.25) is 0 Å². The lowest BCUT2D eigenvalue weighted by molar-refractivity contribution is 0.0692. The Bertz CT molecular complexity index is 926. The molecule has 1 fully saturated rings. The first-order valence-corrected chi connectivity index (χ1v) is 9.09. The Kier molecular flexibility index (Phi) is 4.96. The van der Waals surface area contributed by atoms with Crippen molar-refractivity contribution in [2.75, 3.05) is 13.1 Å². The Labute approximate surface area is 156 Å². The molecule has 1 aliphatic rings. The highest BCUT2D eigenvalue weighted by Crippen LogP contribution is 2.28. The molecule has 1 aliphatic heterocycles. The molecule has 5 nitrogen and oxygen atoms in total. The van der Waals surface area contributed by atoms with Gasteiger partial charge in [-0.3, -0.25) is 9.78 Å². The maximum Gasteiger partial charge on any atom is 0.272 e. The second-order valence-corrected chi connectivity index (χ2v) is 6.74. The van der Waals surface area contributed by atoms with Gasteiger partial charge in [-0.15, -0.1) is 0 Å². The second-order valence-electron chi connectivity index (χ2n) is 6.74. The van der Waals surface area contributed by atoms with Gasteiger partial charge in [0.05, 0.1) is 12.1 Å². The smallest absolute Gasteiger partial charge is 0.272 e. The van der Waals surface area contributed by atoms with Crippen LogP contribution in [0.2, 0.25) is 0 Å². The van der Waals surface area contributed by atoms with Gasteiger partial charge in [0.15, 0.2) is 5.89 Å². The maximum atomic E-state index is 13.8. The highest BCUT2D eigenvalue weighted by atomic mass is 19.1.